The van der Waals surface area contributed by atoms with Crippen molar-refractivity contribution in [2.24, 2.45) is 0 Å². The van der Waals surface area contributed by atoms with E-state index in [0.717, 1.165) is 22.5 Å². The molecule has 0 aromatic carbocycles. The van der Waals surface area contributed by atoms with Gasteiger partial charge in [0.15, 0.2) is 0 Å². The van der Waals surface area contributed by atoms with Gasteiger partial charge in [-0.3, -0.25) is 0 Å². The topological polar surface area (TPSA) is 38.9 Å². The molecule has 0 bridgehead atoms. The number of hydrogen-bond donors (Lipinski definition) is 0. The highest BCUT2D eigenvalue weighted by Gasteiger charge is 2.07. The fourth-order valence-electron chi connectivity index (χ4n) is 1.20. The highest BCUT2D eigenvalue weighted by atomic mass is 16.3. The fraction of sp³-hybridized carbons (Fsp3) is 0.333. The number of aromatic nitrogens is 2. The molecule has 0 radical (unpaired) electrons. The van der Waals surface area contributed by atoms with Crippen molar-refractivity contribution in [2.45, 2.75) is 20.8 Å². The average molecular weight is 162 g/mol. The van der Waals surface area contributed by atoms with Gasteiger partial charge in [0, 0.05) is 11.8 Å². The maximum atomic E-state index is 5.43. The number of nitrogens with zero attached hydrogens (tertiary/aromatic N) is 2. The van der Waals surface area contributed by atoms with E-state index < -0.39 is 0 Å². The van der Waals surface area contributed by atoms with Crippen LogP contribution in [-0.2, 0) is 0 Å². The van der Waals surface area contributed by atoms with Crippen LogP contribution >= 0.6 is 0 Å². The van der Waals surface area contributed by atoms with E-state index >= 15 is 0 Å². The number of furan rings is 1. The SMILES string of the molecule is Cc1ncc2c(C)c(C)oc2n1. The molecule has 62 valence electrons. The van der Waals surface area contributed by atoms with Crippen LogP contribution in [0.15, 0.2) is 10.6 Å². The highest BCUT2D eigenvalue weighted by Crippen LogP contribution is 2.21. The van der Waals surface area contributed by atoms with Crippen molar-refractivity contribution in [3.8, 4) is 0 Å². The minimum absolute atomic E-state index is 0.692. The average Bonchev–Trinajstić information content (AvgIpc) is 2.28. The second kappa shape index (κ2) is 2.30. The third-order valence-corrected chi connectivity index (χ3v) is 2.06. The van der Waals surface area contributed by atoms with Crippen LogP contribution in [0.1, 0.15) is 17.1 Å². The Morgan fingerprint density at radius 1 is 1.25 bits per heavy atom. The molecule has 0 fully saturated rings. The Morgan fingerprint density at radius 2 is 2.00 bits per heavy atom. The summed E-state index contributed by atoms with van der Waals surface area (Å²) in [6.45, 7) is 5.80. The molecule has 0 aliphatic heterocycles. The molecule has 0 aliphatic rings. The summed E-state index contributed by atoms with van der Waals surface area (Å²) in [5.41, 5.74) is 1.82. The molecule has 0 atom stereocenters. The normalized spacial score (nSPS) is 10.9. The predicted molar refractivity (Wildman–Crippen MR) is 46.0 cm³/mol. The first-order valence-electron chi connectivity index (χ1n) is 3.88. The molecule has 2 aromatic rings. The summed E-state index contributed by atoms with van der Waals surface area (Å²) in [6, 6.07) is 0. The van der Waals surface area contributed by atoms with Crippen molar-refractivity contribution in [1.29, 1.82) is 0 Å². The van der Waals surface area contributed by atoms with Crippen LogP contribution in [-0.4, -0.2) is 9.97 Å². The van der Waals surface area contributed by atoms with E-state index in [-0.39, 0.29) is 0 Å². The van der Waals surface area contributed by atoms with Crippen molar-refractivity contribution >= 4 is 11.1 Å². The minimum Gasteiger partial charge on any atom is -0.443 e. The molecule has 0 unspecified atom stereocenters. The Morgan fingerprint density at radius 3 is 2.75 bits per heavy atom. The second-order valence-electron chi connectivity index (χ2n) is 2.92. The van der Waals surface area contributed by atoms with Crippen LogP contribution < -0.4 is 0 Å². The Kier molecular flexibility index (Phi) is 1.40. The zero-order chi connectivity index (χ0) is 8.72. The highest BCUT2D eigenvalue weighted by molar-refractivity contribution is 5.77. The third-order valence-electron chi connectivity index (χ3n) is 2.06. The molecule has 2 heterocycles. The molecule has 3 heteroatoms. The summed E-state index contributed by atoms with van der Waals surface area (Å²) in [7, 11) is 0. The first kappa shape index (κ1) is 7.28. The van der Waals surface area contributed by atoms with E-state index in [9.17, 15) is 0 Å². The molecule has 0 spiro atoms. The molecule has 2 rings (SSSR count). The number of fused-ring (bicyclic) bond motifs is 1. The summed E-state index contributed by atoms with van der Waals surface area (Å²) in [5.74, 6) is 1.67. The molecular weight excluding hydrogens is 152 g/mol. The van der Waals surface area contributed by atoms with Crippen LogP contribution in [0.4, 0.5) is 0 Å². The van der Waals surface area contributed by atoms with Crippen LogP contribution in [0.2, 0.25) is 0 Å². The van der Waals surface area contributed by atoms with E-state index in [1.807, 2.05) is 27.0 Å². The van der Waals surface area contributed by atoms with Crippen molar-refractivity contribution < 1.29 is 4.42 Å². The van der Waals surface area contributed by atoms with Gasteiger partial charge in [0.25, 0.3) is 0 Å². The van der Waals surface area contributed by atoms with Crippen LogP contribution in [0.5, 0.6) is 0 Å². The van der Waals surface area contributed by atoms with Gasteiger partial charge >= 0.3 is 0 Å². The quantitative estimate of drug-likeness (QED) is 0.595. The van der Waals surface area contributed by atoms with E-state index in [1.54, 1.807) is 0 Å². The van der Waals surface area contributed by atoms with Gasteiger partial charge in [0.2, 0.25) is 5.71 Å². The number of rotatable bonds is 0. The van der Waals surface area contributed by atoms with Crippen LogP contribution in [0.25, 0.3) is 11.1 Å². The van der Waals surface area contributed by atoms with Gasteiger partial charge < -0.3 is 4.42 Å². The van der Waals surface area contributed by atoms with Gasteiger partial charge in [-0.25, -0.2) is 4.98 Å². The fourth-order valence-corrected chi connectivity index (χ4v) is 1.20. The van der Waals surface area contributed by atoms with Crippen molar-refractivity contribution in [3.05, 3.63) is 23.3 Å². The predicted octanol–water partition coefficient (Wildman–Crippen LogP) is 2.15. The summed E-state index contributed by atoms with van der Waals surface area (Å²) in [4.78, 5) is 8.29. The third kappa shape index (κ3) is 0.897. The Bertz CT molecular complexity index is 431. The second-order valence-corrected chi connectivity index (χ2v) is 2.92. The lowest BCUT2D eigenvalue weighted by atomic mass is 10.2. The maximum Gasteiger partial charge on any atom is 0.229 e. The lowest BCUT2D eigenvalue weighted by molar-refractivity contribution is 0.562. The van der Waals surface area contributed by atoms with Gasteiger partial charge in [0.1, 0.15) is 11.6 Å². The van der Waals surface area contributed by atoms with Gasteiger partial charge in [-0.15, -0.1) is 0 Å². The standard InChI is InChI=1S/C9H10N2O/c1-5-6(2)12-9-8(5)4-10-7(3)11-9/h4H,1-3H3. The first-order valence-corrected chi connectivity index (χ1v) is 3.88. The zero-order valence-electron chi connectivity index (χ0n) is 7.38. The Hall–Kier alpha value is -1.38. The van der Waals surface area contributed by atoms with Crippen LogP contribution in [0.3, 0.4) is 0 Å². The molecule has 0 aliphatic carbocycles. The summed E-state index contributed by atoms with van der Waals surface area (Å²) in [5, 5.41) is 1.01. The van der Waals surface area contributed by atoms with Gasteiger partial charge in [-0.2, -0.15) is 4.98 Å². The molecule has 2 aromatic heterocycles. The lowest BCUT2D eigenvalue weighted by Gasteiger charge is -1.89. The van der Waals surface area contributed by atoms with Crippen LogP contribution in [0, 0.1) is 20.8 Å². The molecule has 12 heavy (non-hydrogen) atoms. The Balaban J connectivity index is 2.87. The van der Waals surface area contributed by atoms with Gasteiger partial charge in [-0.05, 0) is 20.8 Å². The largest absolute Gasteiger partial charge is 0.443 e. The van der Waals surface area contributed by atoms with Gasteiger partial charge in [-0.1, -0.05) is 0 Å². The maximum absolute atomic E-state index is 5.43. The smallest absolute Gasteiger partial charge is 0.229 e. The summed E-state index contributed by atoms with van der Waals surface area (Å²) < 4.78 is 5.43. The first-order chi connectivity index (χ1) is 5.68. The number of hydrogen-bond acceptors (Lipinski definition) is 3. The monoisotopic (exact) mass is 162 g/mol. The molecule has 0 saturated heterocycles. The van der Waals surface area contributed by atoms with Crippen molar-refractivity contribution in [2.75, 3.05) is 0 Å². The summed E-state index contributed by atoms with van der Waals surface area (Å²) >= 11 is 0. The number of aryl methyl sites for hydroxylation is 3. The van der Waals surface area contributed by atoms with E-state index in [4.69, 9.17) is 4.42 Å². The molecule has 0 N–H and O–H groups in total. The van der Waals surface area contributed by atoms with E-state index in [2.05, 4.69) is 9.97 Å². The molecule has 0 saturated carbocycles. The zero-order valence-corrected chi connectivity index (χ0v) is 7.38. The molecule has 0 amide bonds. The summed E-state index contributed by atoms with van der Waals surface area (Å²) in [6.07, 6.45) is 1.81. The van der Waals surface area contributed by atoms with Crippen molar-refractivity contribution in [1.82, 2.24) is 9.97 Å². The molecule has 3 nitrogen and oxygen atoms in total. The molecular formula is C9H10N2O. The Labute approximate surface area is 70.4 Å². The van der Waals surface area contributed by atoms with Gasteiger partial charge in [0.05, 0.1) is 5.39 Å². The minimum atomic E-state index is 0.692. The van der Waals surface area contributed by atoms with Crippen molar-refractivity contribution in [3.63, 3.8) is 0 Å². The van der Waals surface area contributed by atoms with E-state index in [0.29, 0.717) is 5.71 Å². The van der Waals surface area contributed by atoms with E-state index in [1.165, 1.54) is 0 Å². The lowest BCUT2D eigenvalue weighted by Crippen LogP contribution is -1.84.